The van der Waals surface area contributed by atoms with Gasteiger partial charge in [0, 0.05) is 11.9 Å². The van der Waals surface area contributed by atoms with Crippen LogP contribution in [0.4, 0.5) is 4.79 Å². The van der Waals surface area contributed by atoms with Crippen molar-refractivity contribution in [2.24, 2.45) is 11.1 Å². The molecule has 1 aromatic rings. The van der Waals surface area contributed by atoms with E-state index in [9.17, 15) is 14.4 Å². The van der Waals surface area contributed by atoms with Gasteiger partial charge >= 0.3 is 12.0 Å². The first-order valence-corrected chi connectivity index (χ1v) is 6.59. The molecular weight excluding hydrogens is 284 g/mol. The Kier molecular flexibility index (Phi) is 5.03. The lowest BCUT2D eigenvalue weighted by Gasteiger charge is -2.20. The molecule has 0 radical (unpaired) electrons. The van der Waals surface area contributed by atoms with E-state index in [4.69, 9.17) is 10.8 Å². The first kappa shape index (κ1) is 15.9. The Morgan fingerprint density at radius 1 is 1.40 bits per heavy atom. The molecule has 110 valence electrons. The number of carboxylic acid groups (broad SMARTS) is 1. The van der Waals surface area contributed by atoms with Crippen LogP contribution in [0.1, 0.15) is 29.3 Å². The number of hydrogen-bond donors (Lipinski definition) is 4. The van der Waals surface area contributed by atoms with Crippen LogP contribution < -0.4 is 16.4 Å². The van der Waals surface area contributed by atoms with E-state index in [2.05, 4.69) is 15.6 Å². The number of nitrogens with zero attached hydrogens (tertiary/aromatic N) is 1. The van der Waals surface area contributed by atoms with Gasteiger partial charge in [-0.15, -0.1) is 11.3 Å². The van der Waals surface area contributed by atoms with E-state index in [1.54, 1.807) is 13.8 Å². The number of aromatic carboxylic acids is 1. The SMILES string of the molecule is CC(C)(CNC(=O)NCc1nc(C(=O)O)cs1)C(N)=O. The molecule has 0 spiro atoms. The van der Waals surface area contributed by atoms with Crippen LogP contribution in [0.3, 0.4) is 0 Å². The predicted molar refractivity (Wildman–Crippen MR) is 72.3 cm³/mol. The minimum Gasteiger partial charge on any atom is -0.476 e. The Hall–Kier alpha value is -2.16. The third-order valence-electron chi connectivity index (χ3n) is 2.53. The van der Waals surface area contributed by atoms with Crippen molar-refractivity contribution < 1.29 is 19.5 Å². The average molecular weight is 300 g/mol. The van der Waals surface area contributed by atoms with Gasteiger partial charge in [-0.2, -0.15) is 0 Å². The molecule has 1 heterocycles. The number of carboxylic acids is 1. The highest BCUT2D eigenvalue weighted by Gasteiger charge is 2.25. The molecule has 1 aromatic heterocycles. The maximum Gasteiger partial charge on any atom is 0.355 e. The summed E-state index contributed by atoms with van der Waals surface area (Å²) in [6.07, 6.45) is 0. The van der Waals surface area contributed by atoms with Crippen LogP contribution in [0.5, 0.6) is 0 Å². The minimum absolute atomic E-state index is 0.0536. The number of aromatic nitrogens is 1. The van der Waals surface area contributed by atoms with Gasteiger partial charge in [-0.25, -0.2) is 14.6 Å². The van der Waals surface area contributed by atoms with Gasteiger partial charge in [-0.1, -0.05) is 0 Å². The number of nitrogens with one attached hydrogen (secondary N) is 2. The molecule has 0 saturated carbocycles. The van der Waals surface area contributed by atoms with Crippen LogP contribution in [0.25, 0.3) is 0 Å². The topological polar surface area (TPSA) is 134 Å². The Morgan fingerprint density at radius 2 is 2.05 bits per heavy atom. The van der Waals surface area contributed by atoms with Crippen LogP contribution in [-0.4, -0.2) is 34.5 Å². The maximum atomic E-state index is 11.5. The fourth-order valence-corrected chi connectivity index (χ4v) is 1.80. The van der Waals surface area contributed by atoms with Crippen LogP contribution in [0, 0.1) is 5.41 Å². The fourth-order valence-electron chi connectivity index (χ4n) is 1.10. The molecule has 0 bridgehead atoms. The van der Waals surface area contributed by atoms with Gasteiger partial charge in [-0.05, 0) is 13.8 Å². The van der Waals surface area contributed by atoms with Crippen molar-refractivity contribution in [2.45, 2.75) is 20.4 Å². The molecule has 0 aliphatic heterocycles. The van der Waals surface area contributed by atoms with Crippen molar-refractivity contribution in [3.05, 3.63) is 16.1 Å². The van der Waals surface area contributed by atoms with Gasteiger partial charge in [0.25, 0.3) is 0 Å². The normalized spacial score (nSPS) is 10.9. The van der Waals surface area contributed by atoms with E-state index in [1.807, 2.05) is 0 Å². The molecule has 8 nitrogen and oxygen atoms in total. The lowest BCUT2D eigenvalue weighted by molar-refractivity contribution is -0.125. The monoisotopic (exact) mass is 300 g/mol. The zero-order valence-corrected chi connectivity index (χ0v) is 11.9. The van der Waals surface area contributed by atoms with Crippen LogP contribution in [0.2, 0.25) is 0 Å². The Bertz CT molecular complexity index is 526. The van der Waals surface area contributed by atoms with Gasteiger partial charge in [0.1, 0.15) is 5.01 Å². The summed E-state index contributed by atoms with van der Waals surface area (Å²) in [5.74, 6) is -1.62. The first-order valence-electron chi connectivity index (χ1n) is 5.71. The zero-order valence-electron chi connectivity index (χ0n) is 11.1. The molecule has 0 atom stereocenters. The number of carbonyl (C=O) groups excluding carboxylic acids is 2. The number of urea groups is 1. The van der Waals surface area contributed by atoms with Crippen molar-refractivity contribution >= 4 is 29.2 Å². The predicted octanol–water partition coefficient (Wildman–Crippen LogP) is 0.152. The fraction of sp³-hybridized carbons (Fsp3) is 0.455. The summed E-state index contributed by atoms with van der Waals surface area (Å²) in [5.41, 5.74) is 4.29. The van der Waals surface area contributed by atoms with E-state index in [1.165, 1.54) is 5.38 Å². The summed E-state index contributed by atoms with van der Waals surface area (Å²) in [7, 11) is 0. The van der Waals surface area contributed by atoms with Crippen molar-refractivity contribution in [2.75, 3.05) is 6.54 Å². The molecule has 0 fully saturated rings. The molecule has 20 heavy (non-hydrogen) atoms. The second kappa shape index (κ2) is 6.33. The van der Waals surface area contributed by atoms with Crippen LogP contribution >= 0.6 is 11.3 Å². The largest absolute Gasteiger partial charge is 0.476 e. The van der Waals surface area contributed by atoms with Gasteiger partial charge in [0.2, 0.25) is 5.91 Å². The van der Waals surface area contributed by atoms with Gasteiger partial charge < -0.3 is 21.5 Å². The number of hydrogen-bond acceptors (Lipinski definition) is 5. The molecule has 9 heteroatoms. The maximum absolute atomic E-state index is 11.5. The van der Waals surface area contributed by atoms with E-state index < -0.39 is 23.3 Å². The number of amides is 3. The number of carbonyl (C=O) groups is 3. The standard InChI is InChI=1S/C11H16N4O4S/c1-11(2,9(12)18)5-14-10(19)13-3-7-15-6(4-20-7)8(16)17/h4H,3,5H2,1-2H3,(H2,12,18)(H,16,17)(H2,13,14,19). The van der Waals surface area contributed by atoms with Crippen LogP contribution in [-0.2, 0) is 11.3 Å². The van der Waals surface area contributed by atoms with E-state index in [-0.39, 0.29) is 18.8 Å². The van der Waals surface area contributed by atoms with E-state index in [0.717, 1.165) is 11.3 Å². The van der Waals surface area contributed by atoms with Gasteiger partial charge in [0.05, 0.1) is 12.0 Å². The molecule has 1 rings (SSSR count). The van der Waals surface area contributed by atoms with Crippen molar-refractivity contribution in [1.29, 1.82) is 0 Å². The zero-order chi connectivity index (χ0) is 15.3. The van der Waals surface area contributed by atoms with E-state index in [0.29, 0.717) is 5.01 Å². The Morgan fingerprint density at radius 3 is 2.55 bits per heavy atom. The van der Waals surface area contributed by atoms with E-state index >= 15 is 0 Å². The highest BCUT2D eigenvalue weighted by molar-refractivity contribution is 7.09. The molecule has 0 saturated heterocycles. The molecule has 0 aromatic carbocycles. The summed E-state index contributed by atoms with van der Waals surface area (Å²) in [6, 6.07) is -0.480. The summed E-state index contributed by atoms with van der Waals surface area (Å²) >= 11 is 1.14. The number of primary amides is 1. The highest BCUT2D eigenvalue weighted by Crippen LogP contribution is 2.12. The van der Waals surface area contributed by atoms with Crippen molar-refractivity contribution in [1.82, 2.24) is 15.6 Å². The summed E-state index contributed by atoms with van der Waals surface area (Å²) < 4.78 is 0. The molecule has 5 N–H and O–H groups in total. The lowest BCUT2D eigenvalue weighted by atomic mass is 9.93. The number of rotatable bonds is 6. The quantitative estimate of drug-likeness (QED) is 0.593. The van der Waals surface area contributed by atoms with Crippen molar-refractivity contribution in [3.63, 3.8) is 0 Å². The smallest absolute Gasteiger partial charge is 0.355 e. The lowest BCUT2D eigenvalue weighted by Crippen LogP contribution is -2.45. The average Bonchev–Trinajstić information content (AvgIpc) is 2.82. The van der Waals surface area contributed by atoms with Gasteiger partial charge in [-0.3, -0.25) is 4.79 Å². The molecule has 0 aliphatic carbocycles. The molecule has 3 amide bonds. The molecule has 0 aliphatic rings. The minimum atomic E-state index is -1.11. The summed E-state index contributed by atoms with van der Waals surface area (Å²) in [6.45, 7) is 3.46. The summed E-state index contributed by atoms with van der Waals surface area (Å²) in [5, 5.41) is 15.6. The second-order valence-electron chi connectivity index (χ2n) is 4.72. The highest BCUT2D eigenvalue weighted by atomic mass is 32.1. The first-order chi connectivity index (χ1) is 9.22. The molecule has 0 unspecified atom stereocenters. The van der Waals surface area contributed by atoms with Crippen LogP contribution in [0.15, 0.2) is 5.38 Å². The Labute approximate surface area is 119 Å². The third kappa shape index (κ3) is 4.50. The Balaban J connectivity index is 2.40. The second-order valence-corrected chi connectivity index (χ2v) is 5.66. The van der Waals surface area contributed by atoms with Gasteiger partial charge in [0.15, 0.2) is 5.69 Å². The third-order valence-corrected chi connectivity index (χ3v) is 3.38. The molecular formula is C11H16N4O4S. The number of thiazole rings is 1. The summed E-state index contributed by atoms with van der Waals surface area (Å²) in [4.78, 5) is 37.0. The number of nitrogens with two attached hydrogens (primary N) is 1. The van der Waals surface area contributed by atoms with Crippen molar-refractivity contribution in [3.8, 4) is 0 Å².